The molecule has 0 saturated heterocycles. The van der Waals surface area contributed by atoms with Gasteiger partial charge in [-0.3, -0.25) is 0 Å². The highest BCUT2D eigenvalue weighted by molar-refractivity contribution is 5.73. The minimum atomic E-state index is 0.915. The topological polar surface area (TPSA) is 24.7 Å². The maximum atomic E-state index is 4.03. The first-order valence-corrected chi connectivity index (χ1v) is 3.80. The Hall–Kier alpha value is -1.70. The average Bonchev–Trinajstić information content (AvgIpc) is 2.06. The zero-order valence-electron chi connectivity index (χ0n) is 6.51. The van der Waals surface area contributed by atoms with Crippen LogP contribution in [0.25, 0.3) is 6.08 Å². The van der Waals surface area contributed by atoms with Gasteiger partial charge >= 0.3 is 0 Å². The molecule has 1 heterocycles. The first-order chi connectivity index (χ1) is 5.97. The fraction of sp³-hybridized carbons (Fsp3) is 0. The summed E-state index contributed by atoms with van der Waals surface area (Å²) in [6.07, 6.45) is 7.51. The van der Waals surface area contributed by atoms with Gasteiger partial charge in [-0.15, -0.1) is 0 Å². The Labute approximate surface area is 70.3 Å². The van der Waals surface area contributed by atoms with Crippen LogP contribution in [0.4, 0.5) is 0 Å². The van der Waals surface area contributed by atoms with E-state index < -0.39 is 0 Å². The van der Waals surface area contributed by atoms with Crippen molar-refractivity contribution in [2.24, 2.45) is 10.2 Å². The fourth-order valence-electron chi connectivity index (χ4n) is 1.06. The molecule has 58 valence electrons. The molecule has 12 heavy (non-hydrogen) atoms. The van der Waals surface area contributed by atoms with Crippen LogP contribution in [0.15, 0.2) is 46.6 Å². The van der Waals surface area contributed by atoms with Crippen molar-refractivity contribution in [1.82, 2.24) is 0 Å². The molecule has 0 saturated carbocycles. The van der Waals surface area contributed by atoms with Gasteiger partial charge in [-0.05, 0) is 12.1 Å². The summed E-state index contributed by atoms with van der Waals surface area (Å²) in [5.74, 6) is 0. The number of rotatable bonds is 0. The SMILES string of the molecule is C1=C\C=c2\cccc\c2=N\N=C/1. The molecule has 0 radical (unpaired) electrons. The van der Waals surface area contributed by atoms with E-state index in [1.165, 1.54) is 0 Å². The van der Waals surface area contributed by atoms with Gasteiger partial charge < -0.3 is 0 Å². The normalized spacial score (nSPS) is 24.7. The van der Waals surface area contributed by atoms with Crippen LogP contribution in [0.3, 0.4) is 0 Å². The van der Waals surface area contributed by atoms with E-state index in [4.69, 9.17) is 0 Å². The van der Waals surface area contributed by atoms with Crippen molar-refractivity contribution in [3.05, 3.63) is 47.0 Å². The molecule has 2 heteroatoms. The molecule has 0 atom stereocenters. The van der Waals surface area contributed by atoms with Crippen LogP contribution in [0.5, 0.6) is 0 Å². The van der Waals surface area contributed by atoms with Crippen molar-refractivity contribution < 1.29 is 0 Å². The van der Waals surface area contributed by atoms with Gasteiger partial charge in [0.2, 0.25) is 0 Å². The molecule has 0 amide bonds. The molecule has 0 fully saturated rings. The molecule has 1 aromatic rings. The Morgan fingerprint density at radius 3 is 2.92 bits per heavy atom. The summed E-state index contributed by atoms with van der Waals surface area (Å²) in [6.45, 7) is 0. The van der Waals surface area contributed by atoms with Gasteiger partial charge in [0.05, 0.1) is 5.36 Å². The van der Waals surface area contributed by atoms with Gasteiger partial charge in [0.1, 0.15) is 0 Å². The van der Waals surface area contributed by atoms with Crippen LogP contribution >= 0.6 is 0 Å². The Kier molecular flexibility index (Phi) is 1.82. The summed E-state index contributed by atoms with van der Waals surface area (Å²) in [5.41, 5.74) is 0. The molecule has 0 aliphatic carbocycles. The van der Waals surface area contributed by atoms with E-state index in [1.54, 1.807) is 6.21 Å². The van der Waals surface area contributed by atoms with Gasteiger partial charge in [-0.1, -0.05) is 30.4 Å². The van der Waals surface area contributed by atoms with E-state index in [-0.39, 0.29) is 0 Å². The number of nitrogens with zero attached hydrogens (tertiary/aromatic N) is 2. The van der Waals surface area contributed by atoms with Gasteiger partial charge in [-0.25, -0.2) is 0 Å². The lowest BCUT2D eigenvalue weighted by Crippen LogP contribution is -2.23. The van der Waals surface area contributed by atoms with Crippen molar-refractivity contribution in [2.45, 2.75) is 0 Å². The van der Waals surface area contributed by atoms with Crippen LogP contribution in [-0.4, -0.2) is 6.21 Å². The summed E-state index contributed by atoms with van der Waals surface area (Å²) in [5, 5.41) is 9.92. The molecule has 0 N–H and O–H groups in total. The second kappa shape index (κ2) is 3.13. The molecule has 1 aliphatic heterocycles. The summed E-state index contributed by atoms with van der Waals surface area (Å²) in [7, 11) is 0. The third-order valence-electron chi connectivity index (χ3n) is 1.64. The van der Waals surface area contributed by atoms with Crippen molar-refractivity contribution in [3.63, 3.8) is 0 Å². The van der Waals surface area contributed by atoms with E-state index in [2.05, 4.69) is 10.2 Å². The van der Waals surface area contributed by atoms with Crippen LogP contribution in [-0.2, 0) is 0 Å². The fourth-order valence-corrected chi connectivity index (χ4v) is 1.06. The predicted octanol–water partition coefficient (Wildman–Crippen LogP) is 0.642. The quantitative estimate of drug-likeness (QED) is 0.526. The van der Waals surface area contributed by atoms with Gasteiger partial charge in [0.15, 0.2) is 0 Å². The summed E-state index contributed by atoms with van der Waals surface area (Å²) < 4.78 is 0. The number of hydrogen-bond acceptors (Lipinski definition) is 2. The Bertz CT molecular complexity index is 398. The van der Waals surface area contributed by atoms with E-state index in [9.17, 15) is 0 Å². The predicted molar refractivity (Wildman–Crippen MR) is 49.3 cm³/mol. The van der Waals surface area contributed by atoms with Crippen molar-refractivity contribution in [2.75, 3.05) is 0 Å². The number of benzene rings is 1. The molecule has 1 aromatic carbocycles. The lowest BCUT2D eigenvalue weighted by atomic mass is 10.2. The molecule has 0 bridgehead atoms. The second-order valence-electron chi connectivity index (χ2n) is 2.47. The summed E-state index contributed by atoms with van der Waals surface area (Å²) in [4.78, 5) is 0. The molecule has 0 aromatic heterocycles. The number of fused-ring (bicyclic) bond motifs is 1. The smallest absolute Gasteiger partial charge is 0.0929 e. The van der Waals surface area contributed by atoms with Crippen LogP contribution in [0, 0.1) is 0 Å². The minimum Gasteiger partial charge on any atom is -0.159 e. The average molecular weight is 156 g/mol. The van der Waals surface area contributed by atoms with Gasteiger partial charge in [-0.2, -0.15) is 10.2 Å². The van der Waals surface area contributed by atoms with Crippen molar-refractivity contribution in [3.8, 4) is 0 Å². The maximum absolute atomic E-state index is 4.03. The molecule has 2 nitrogen and oxygen atoms in total. The first-order valence-electron chi connectivity index (χ1n) is 3.80. The lowest BCUT2D eigenvalue weighted by molar-refractivity contribution is 1.13. The van der Waals surface area contributed by atoms with Crippen LogP contribution in [0.2, 0.25) is 0 Å². The van der Waals surface area contributed by atoms with Crippen molar-refractivity contribution >= 4 is 12.3 Å². The highest BCUT2D eigenvalue weighted by Gasteiger charge is 1.83. The van der Waals surface area contributed by atoms with Crippen molar-refractivity contribution in [1.29, 1.82) is 0 Å². The monoisotopic (exact) mass is 156 g/mol. The first kappa shape index (κ1) is 6.98. The highest BCUT2D eigenvalue weighted by atomic mass is 15.2. The Balaban J connectivity index is 2.80. The Morgan fingerprint density at radius 1 is 1.00 bits per heavy atom. The van der Waals surface area contributed by atoms with E-state index in [1.807, 2.05) is 42.5 Å². The number of hydrogen-bond donors (Lipinski definition) is 0. The minimum absolute atomic E-state index is 0.915. The lowest BCUT2D eigenvalue weighted by Gasteiger charge is -1.87. The molecule has 2 rings (SSSR count). The third kappa shape index (κ3) is 1.32. The van der Waals surface area contributed by atoms with Gasteiger partial charge in [0, 0.05) is 11.4 Å². The van der Waals surface area contributed by atoms with Gasteiger partial charge in [0.25, 0.3) is 0 Å². The second-order valence-corrected chi connectivity index (χ2v) is 2.47. The molecule has 0 unspecified atom stereocenters. The van der Waals surface area contributed by atoms with E-state index in [0.29, 0.717) is 0 Å². The van der Waals surface area contributed by atoms with Crippen LogP contribution < -0.4 is 10.6 Å². The zero-order valence-corrected chi connectivity index (χ0v) is 6.51. The number of allylic oxidation sites excluding steroid dienone is 2. The highest BCUT2D eigenvalue weighted by Crippen LogP contribution is 1.78. The largest absolute Gasteiger partial charge is 0.159 e. The van der Waals surface area contributed by atoms with E-state index in [0.717, 1.165) is 10.6 Å². The van der Waals surface area contributed by atoms with E-state index >= 15 is 0 Å². The molecule has 0 spiro atoms. The molecule has 1 aliphatic rings. The third-order valence-corrected chi connectivity index (χ3v) is 1.64. The zero-order chi connectivity index (χ0) is 8.23. The summed E-state index contributed by atoms with van der Waals surface area (Å²) >= 11 is 0. The molecular formula is C10H8N2. The summed E-state index contributed by atoms with van der Waals surface area (Å²) in [6, 6.07) is 7.91. The molecular weight excluding hydrogens is 148 g/mol. The maximum Gasteiger partial charge on any atom is 0.0929 e. The van der Waals surface area contributed by atoms with Crippen LogP contribution in [0.1, 0.15) is 0 Å². The standard InChI is InChI=1S/C10H8N2/c1-2-7-10-9(5-1)6-3-4-8-11-12-10/h1-8H/b4-3-,6-3?,8-4?,9-6-,11-8-,12-10-,12-11?. The Morgan fingerprint density at radius 2 is 1.92 bits per heavy atom.